The topological polar surface area (TPSA) is 15.3 Å². The van der Waals surface area contributed by atoms with Gasteiger partial charge in [-0.1, -0.05) is 6.92 Å². The van der Waals surface area contributed by atoms with Crippen molar-refractivity contribution in [3.05, 3.63) is 24.0 Å². The fourth-order valence-electron chi connectivity index (χ4n) is 1.87. The summed E-state index contributed by atoms with van der Waals surface area (Å²) >= 11 is 0. The van der Waals surface area contributed by atoms with Gasteiger partial charge in [0, 0.05) is 19.6 Å². The van der Waals surface area contributed by atoms with E-state index in [4.69, 9.17) is 0 Å². The van der Waals surface area contributed by atoms with Gasteiger partial charge in [0.15, 0.2) is 0 Å². The zero-order valence-corrected chi connectivity index (χ0v) is 8.55. The Morgan fingerprint density at radius 1 is 1.57 bits per heavy atom. The normalized spacial score (nSPS) is 20.2. The first-order valence-electron chi connectivity index (χ1n) is 4.98. The fraction of sp³-hybridized carbons (Fsp3) is 0.455. The molecule has 2 nitrogen and oxygen atoms in total. The number of halogens is 1. The molecule has 0 bridgehead atoms. The van der Waals surface area contributed by atoms with Crippen molar-refractivity contribution in [1.29, 1.82) is 0 Å². The third-order valence-corrected chi connectivity index (χ3v) is 2.72. The average Bonchev–Trinajstić information content (AvgIpc) is 2.19. The number of hydrogen-bond donors (Lipinski definition) is 1. The second-order valence-corrected chi connectivity index (χ2v) is 3.79. The molecule has 1 N–H and O–H groups in total. The van der Waals surface area contributed by atoms with Crippen LogP contribution in [0.3, 0.4) is 0 Å². The Kier molecular flexibility index (Phi) is 2.32. The number of likely N-dealkylation sites (N-methyl/N-ethyl adjacent to an activating group) is 1. The molecule has 0 radical (unpaired) electrons. The standard InChI is InChI=1S/C11H15FN2/c1-3-9-7-14(2)11-6-8(12)4-5-10(11)13-9/h4-6,9,13H,3,7H2,1-2H3. The summed E-state index contributed by atoms with van der Waals surface area (Å²) in [4.78, 5) is 2.10. The molecule has 0 saturated carbocycles. The number of hydrogen-bond acceptors (Lipinski definition) is 2. The molecule has 1 heterocycles. The van der Waals surface area contributed by atoms with Crippen molar-refractivity contribution in [2.24, 2.45) is 0 Å². The van der Waals surface area contributed by atoms with Gasteiger partial charge in [0.05, 0.1) is 11.4 Å². The van der Waals surface area contributed by atoms with Crippen LogP contribution < -0.4 is 10.2 Å². The Bertz CT molecular complexity index is 338. The van der Waals surface area contributed by atoms with Crippen LogP contribution in [-0.4, -0.2) is 19.6 Å². The van der Waals surface area contributed by atoms with Crippen molar-refractivity contribution >= 4 is 11.4 Å². The summed E-state index contributed by atoms with van der Waals surface area (Å²) in [6.45, 7) is 3.09. The SMILES string of the molecule is CCC1CN(C)c2cc(F)ccc2N1. The van der Waals surface area contributed by atoms with Gasteiger partial charge in [0.2, 0.25) is 0 Å². The molecule has 1 aliphatic heterocycles. The molecule has 0 amide bonds. The van der Waals surface area contributed by atoms with Gasteiger partial charge in [-0.2, -0.15) is 0 Å². The van der Waals surface area contributed by atoms with Gasteiger partial charge in [0.25, 0.3) is 0 Å². The fourth-order valence-corrected chi connectivity index (χ4v) is 1.87. The molecule has 0 saturated heterocycles. The highest BCUT2D eigenvalue weighted by Gasteiger charge is 2.19. The number of nitrogens with one attached hydrogen (secondary N) is 1. The number of fused-ring (bicyclic) bond motifs is 1. The van der Waals surface area contributed by atoms with E-state index >= 15 is 0 Å². The van der Waals surface area contributed by atoms with E-state index in [1.807, 2.05) is 13.1 Å². The molecule has 14 heavy (non-hydrogen) atoms. The molecule has 0 aromatic heterocycles. The van der Waals surface area contributed by atoms with Crippen molar-refractivity contribution in [2.45, 2.75) is 19.4 Å². The summed E-state index contributed by atoms with van der Waals surface area (Å²) in [5.41, 5.74) is 1.99. The minimum absolute atomic E-state index is 0.174. The third-order valence-electron chi connectivity index (χ3n) is 2.72. The molecule has 0 spiro atoms. The van der Waals surface area contributed by atoms with Crippen LogP contribution in [0.4, 0.5) is 15.8 Å². The highest BCUT2D eigenvalue weighted by atomic mass is 19.1. The first-order chi connectivity index (χ1) is 6.70. The smallest absolute Gasteiger partial charge is 0.125 e. The minimum Gasteiger partial charge on any atom is -0.379 e. The monoisotopic (exact) mass is 194 g/mol. The highest BCUT2D eigenvalue weighted by Crippen LogP contribution is 2.30. The van der Waals surface area contributed by atoms with Crippen LogP contribution >= 0.6 is 0 Å². The summed E-state index contributed by atoms with van der Waals surface area (Å²) in [6, 6.07) is 5.35. The first-order valence-corrected chi connectivity index (χ1v) is 4.98. The Morgan fingerprint density at radius 2 is 2.36 bits per heavy atom. The van der Waals surface area contributed by atoms with Crippen LogP contribution in [0.25, 0.3) is 0 Å². The van der Waals surface area contributed by atoms with E-state index in [1.165, 1.54) is 6.07 Å². The van der Waals surface area contributed by atoms with E-state index < -0.39 is 0 Å². The average molecular weight is 194 g/mol. The Morgan fingerprint density at radius 3 is 3.07 bits per heavy atom. The molecule has 1 aromatic rings. The molecule has 1 aromatic carbocycles. The quantitative estimate of drug-likeness (QED) is 0.738. The van der Waals surface area contributed by atoms with Crippen LogP contribution in [0.15, 0.2) is 18.2 Å². The maximum absolute atomic E-state index is 13.0. The molecule has 1 unspecified atom stereocenters. The molecule has 1 atom stereocenters. The zero-order valence-electron chi connectivity index (χ0n) is 8.55. The molecule has 0 aliphatic carbocycles. The van der Waals surface area contributed by atoms with E-state index in [0.29, 0.717) is 6.04 Å². The van der Waals surface area contributed by atoms with E-state index in [0.717, 1.165) is 24.3 Å². The van der Waals surface area contributed by atoms with Crippen molar-refractivity contribution in [2.75, 3.05) is 23.8 Å². The summed E-state index contributed by atoms with van der Waals surface area (Å²) in [7, 11) is 2.00. The molecular weight excluding hydrogens is 179 g/mol. The second-order valence-electron chi connectivity index (χ2n) is 3.79. The van der Waals surface area contributed by atoms with Crippen LogP contribution in [0.5, 0.6) is 0 Å². The lowest BCUT2D eigenvalue weighted by Gasteiger charge is -2.34. The Balaban J connectivity index is 2.35. The van der Waals surface area contributed by atoms with E-state index in [-0.39, 0.29) is 5.82 Å². The highest BCUT2D eigenvalue weighted by molar-refractivity contribution is 5.72. The summed E-state index contributed by atoms with van der Waals surface area (Å²) < 4.78 is 13.0. The van der Waals surface area contributed by atoms with Crippen LogP contribution in [0.2, 0.25) is 0 Å². The van der Waals surface area contributed by atoms with Gasteiger partial charge >= 0.3 is 0 Å². The molecule has 76 valence electrons. The van der Waals surface area contributed by atoms with Gasteiger partial charge < -0.3 is 10.2 Å². The maximum Gasteiger partial charge on any atom is 0.125 e. The maximum atomic E-state index is 13.0. The first kappa shape index (κ1) is 9.31. The number of rotatable bonds is 1. The van der Waals surface area contributed by atoms with Gasteiger partial charge in [0.1, 0.15) is 5.82 Å². The lowest BCUT2D eigenvalue weighted by molar-refractivity contribution is 0.620. The second kappa shape index (κ2) is 3.48. The van der Waals surface area contributed by atoms with Crippen molar-refractivity contribution in [3.63, 3.8) is 0 Å². The Labute approximate surface area is 83.7 Å². The van der Waals surface area contributed by atoms with Gasteiger partial charge in [-0.3, -0.25) is 0 Å². The lowest BCUT2D eigenvalue weighted by Crippen LogP contribution is -2.38. The predicted octanol–water partition coefficient (Wildman–Crippen LogP) is 2.47. The molecule has 2 rings (SSSR count). The van der Waals surface area contributed by atoms with Crippen LogP contribution in [-0.2, 0) is 0 Å². The number of benzene rings is 1. The van der Waals surface area contributed by atoms with E-state index in [1.54, 1.807) is 6.07 Å². The van der Waals surface area contributed by atoms with Crippen molar-refractivity contribution < 1.29 is 4.39 Å². The molecular formula is C11H15FN2. The molecule has 3 heteroatoms. The molecule has 1 aliphatic rings. The van der Waals surface area contributed by atoms with Gasteiger partial charge in [-0.05, 0) is 24.6 Å². The zero-order chi connectivity index (χ0) is 10.1. The molecule has 0 fully saturated rings. The van der Waals surface area contributed by atoms with E-state index in [9.17, 15) is 4.39 Å². The van der Waals surface area contributed by atoms with Crippen LogP contribution in [0, 0.1) is 5.82 Å². The van der Waals surface area contributed by atoms with Gasteiger partial charge in [-0.15, -0.1) is 0 Å². The minimum atomic E-state index is -0.174. The van der Waals surface area contributed by atoms with Crippen molar-refractivity contribution in [3.8, 4) is 0 Å². The summed E-state index contributed by atoms with van der Waals surface area (Å²) in [6.07, 6.45) is 1.08. The number of nitrogens with zero attached hydrogens (tertiary/aromatic N) is 1. The predicted molar refractivity (Wildman–Crippen MR) is 57.4 cm³/mol. The van der Waals surface area contributed by atoms with Gasteiger partial charge in [-0.25, -0.2) is 4.39 Å². The summed E-state index contributed by atoms with van der Waals surface area (Å²) in [5.74, 6) is -0.174. The van der Waals surface area contributed by atoms with Crippen LogP contribution in [0.1, 0.15) is 13.3 Å². The van der Waals surface area contributed by atoms with E-state index in [2.05, 4.69) is 17.1 Å². The summed E-state index contributed by atoms with van der Waals surface area (Å²) in [5, 5.41) is 3.40. The largest absolute Gasteiger partial charge is 0.379 e. The van der Waals surface area contributed by atoms with Crippen molar-refractivity contribution in [1.82, 2.24) is 0 Å². The lowest BCUT2D eigenvalue weighted by atomic mass is 10.1. The third kappa shape index (κ3) is 1.54. The number of anilines is 2. The Hall–Kier alpha value is -1.25.